The molecule has 0 heterocycles. The summed E-state index contributed by atoms with van der Waals surface area (Å²) < 4.78 is 5.35. The number of carbonyl (C=O) groups is 2. The van der Waals surface area contributed by atoms with Crippen molar-refractivity contribution < 1.29 is 19.4 Å². The van der Waals surface area contributed by atoms with Gasteiger partial charge in [-0.2, -0.15) is 0 Å². The normalized spacial score (nSPS) is 9.89. The first kappa shape index (κ1) is 14.3. The zero-order chi connectivity index (χ0) is 13.5. The van der Waals surface area contributed by atoms with E-state index >= 15 is 0 Å². The minimum Gasteiger partial charge on any atom is -0.493 e. The van der Waals surface area contributed by atoms with Gasteiger partial charge in [-0.05, 0) is 30.7 Å². The van der Waals surface area contributed by atoms with E-state index in [0.717, 1.165) is 5.56 Å². The molecule has 0 radical (unpaired) electrons. The van der Waals surface area contributed by atoms with Gasteiger partial charge in [0.25, 0.3) is 0 Å². The van der Waals surface area contributed by atoms with Crippen molar-refractivity contribution in [2.75, 3.05) is 13.2 Å². The highest BCUT2D eigenvalue weighted by atomic mass is 35.5. The molecule has 1 amide bonds. The summed E-state index contributed by atoms with van der Waals surface area (Å²) >= 11 is 5.86. The topological polar surface area (TPSA) is 75.6 Å². The number of halogens is 1. The van der Waals surface area contributed by atoms with Crippen LogP contribution in [-0.2, 0) is 9.59 Å². The molecule has 0 saturated carbocycles. The average molecular weight is 272 g/mol. The van der Waals surface area contributed by atoms with Gasteiger partial charge in [0, 0.05) is 5.02 Å². The van der Waals surface area contributed by atoms with Crippen molar-refractivity contribution in [1.82, 2.24) is 5.32 Å². The second kappa shape index (κ2) is 6.86. The number of hydrogen-bond acceptors (Lipinski definition) is 3. The fourth-order valence-corrected chi connectivity index (χ4v) is 1.35. The molecule has 0 aliphatic rings. The zero-order valence-electron chi connectivity index (χ0n) is 9.90. The molecule has 0 fully saturated rings. The number of benzene rings is 1. The summed E-state index contributed by atoms with van der Waals surface area (Å²) in [6, 6.07) is 5.21. The number of aryl methyl sites for hydroxylation is 1. The Bertz CT molecular complexity index is 448. The molecule has 1 aromatic carbocycles. The van der Waals surface area contributed by atoms with Crippen LogP contribution in [0.4, 0.5) is 0 Å². The summed E-state index contributed by atoms with van der Waals surface area (Å²) in [5.41, 5.74) is 0.893. The number of amides is 1. The molecular formula is C12H14ClNO4. The molecule has 0 aromatic heterocycles. The zero-order valence-corrected chi connectivity index (χ0v) is 10.7. The van der Waals surface area contributed by atoms with Crippen LogP contribution in [0.3, 0.4) is 0 Å². The highest BCUT2D eigenvalue weighted by Gasteiger charge is 2.04. The molecule has 6 heteroatoms. The second-order valence-electron chi connectivity index (χ2n) is 3.68. The summed E-state index contributed by atoms with van der Waals surface area (Å²) in [7, 11) is 0. The van der Waals surface area contributed by atoms with Crippen LogP contribution in [0.15, 0.2) is 18.2 Å². The fourth-order valence-electron chi connectivity index (χ4n) is 1.23. The number of carboxylic acid groups (broad SMARTS) is 1. The molecule has 0 aliphatic heterocycles. The minimum absolute atomic E-state index is 0.106. The standard InChI is InChI=1S/C12H14ClNO4/c1-8-6-9(2-3-10(8)13)18-5-4-11(15)14-7-12(16)17/h2-3,6H,4-5,7H2,1H3,(H,14,15)(H,16,17). The summed E-state index contributed by atoms with van der Waals surface area (Å²) in [5.74, 6) is -0.802. The summed E-state index contributed by atoms with van der Waals surface area (Å²) in [6.07, 6.45) is 0.106. The Morgan fingerprint density at radius 3 is 2.78 bits per heavy atom. The molecule has 0 unspecified atom stereocenters. The van der Waals surface area contributed by atoms with Gasteiger partial charge in [-0.3, -0.25) is 9.59 Å². The molecule has 98 valence electrons. The van der Waals surface area contributed by atoms with Gasteiger partial charge in [0.05, 0.1) is 13.0 Å². The maximum atomic E-state index is 11.2. The Kier molecular flexibility index (Phi) is 5.45. The Balaban J connectivity index is 2.30. The smallest absolute Gasteiger partial charge is 0.322 e. The SMILES string of the molecule is Cc1cc(OCCC(=O)NCC(=O)O)ccc1Cl. The molecule has 18 heavy (non-hydrogen) atoms. The number of carboxylic acids is 1. The van der Waals surface area contributed by atoms with E-state index in [9.17, 15) is 9.59 Å². The lowest BCUT2D eigenvalue weighted by Gasteiger charge is -2.07. The molecule has 0 aliphatic carbocycles. The highest BCUT2D eigenvalue weighted by molar-refractivity contribution is 6.31. The van der Waals surface area contributed by atoms with Crippen LogP contribution in [0.25, 0.3) is 0 Å². The Hall–Kier alpha value is -1.75. The fraction of sp³-hybridized carbons (Fsp3) is 0.333. The first-order valence-corrected chi connectivity index (χ1v) is 5.74. The van der Waals surface area contributed by atoms with E-state index < -0.39 is 5.97 Å². The number of aliphatic carboxylic acids is 1. The third-order valence-corrected chi connectivity index (χ3v) is 2.59. The molecule has 0 spiro atoms. The van der Waals surface area contributed by atoms with Gasteiger partial charge in [-0.15, -0.1) is 0 Å². The number of rotatable bonds is 6. The first-order valence-electron chi connectivity index (χ1n) is 5.36. The third kappa shape index (κ3) is 5.05. The van der Waals surface area contributed by atoms with E-state index in [4.69, 9.17) is 21.4 Å². The minimum atomic E-state index is -1.07. The summed E-state index contributed by atoms with van der Waals surface area (Å²) in [5, 5.41) is 11.3. The lowest BCUT2D eigenvalue weighted by molar-refractivity contribution is -0.138. The Morgan fingerprint density at radius 2 is 2.17 bits per heavy atom. The monoisotopic (exact) mass is 271 g/mol. The predicted octanol–water partition coefficient (Wildman–Crippen LogP) is 1.62. The van der Waals surface area contributed by atoms with E-state index in [1.807, 2.05) is 6.92 Å². The van der Waals surface area contributed by atoms with Crippen molar-refractivity contribution in [1.29, 1.82) is 0 Å². The van der Waals surface area contributed by atoms with Crippen molar-refractivity contribution in [3.05, 3.63) is 28.8 Å². The van der Waals surface area contributed by atoms with Crippen LogP contribution >= 0.6 is 11.6 Å². The van der Waals surface area contributed by atoms with E-state index in [2.05, 4.69) is 5.32 Å². The van der Waals surface area contributed by atoms with Gasteiger partial charge in [-0.1, -0.05) is 11.6 Å². The van der Waals surface area contributed by atoms with Crippen molar-refractivity contribution >= 4 is 23.5 Å². The molecule has 0 atom stereocenters. The van der Waals surface area contributed by atoms with E-state index in [1.165, 1.54) is 0 Å². The van der Waals surface area contributed by atoms with Crippen LogP contribution in [0.1, 0.15) is 12.0 Å². The maximum Gasteiger partial charge on any atom is 0.322 e. The molecule has 0 bridgehead atoms. The Morgan fingerprint density at radius 1 is 1.44 bits per heavy atom. The molecule has 1 rings (SSSR count). The maximum absolute atomic E-state index is 11.2. The van der Waals surface area contributed by atoms with Crippen molar-refractivity contribution in [2.24, 2.45) is 0 Å². The summed E-state index contributed by atoms with van der Waals surface area (Å²) in [4.78, 5) is 21.4. The van der Waals surface area contributed by atoms with E-state index in [-0.39, 0.29) is 25.5 Å². The number of ether oxygens (including phenoxy) is 1. The van der Waals surface area contributed by atoms with Gasteiger partial charge in [-0.25, -0.2) is 0 Å². The van der Waals surface area contributed by atoms with Crippen LogP contribution in [0.2, 0.25) is 5.02 Å². The molecule has 0 saturated heterocycles. The van der Waals surface area contributed by atoms with Gasteiger partial charge in [0.15, 0.2) is 0 Å². The first-order chi connectivity index (χ1) is 8.49. The summed E-state index contributed by atoms with van der Waals surface area (Å²) in [6.45, 7) is 1.67. The number of hydrogen-bond donors (Lipinski definition) is 2. The molecule has 5 nitrogen and oxygen atoms in total. The van der Waals surface area contributed by atoms with Gasteiger partial charge in [0.2, 0.25) is 5.91 Å². The average Bonchev–Trinajstić information content (AvgIpc) is 2.31. The molecule has 2 N–H and O–H groups in total. The number of carbonyl (C=O) groups excluding carboxylic acids is 1. The lowest BCUT2D eigenvalue weighted by atomic mass is 10.2. The second-order valence-corrected chi connectivity index (χ2v) is 4.09. The van der Waals surface area contributed by atoms with E-state index in [1.54, 1.807) is 18.2 Å². The van der Waals surface area contributed by atoms with Crippen molar-refractivity contribution in [3.63, 3.8) is 0 Å². The van der Waals surface area contributed by atoms with Crippen LogP contribution in [0.5, 0.6) is 5.75 Å². The predicted molar refractivity (Wildman–Crippen MR) is 66.9 cm³/mol. The van der Waals surface area contributed by atoms with Crippen LogP contribution in [0, 0.1) is 6.92 Å². The number of nitrogens with one attached hydrogen (secondary N) is 1. The van der Waals surface area contributed by atoms with Crippen molar-refractivity contribution in [2.45, 2.75) is 13.3 Å². The largest absolute Gasteiger partial charge is 0.493 e. The van der Waals surface area contributed by atoms with Crippen LogP contribution < -0.4 is 10.1 Å². The quantitative estimate of drug-likeness (QED) is 0.824. The van der Waals surface area contributed by atoms with Gasteiger partial charge < -0.3 is 15.2 Å². The lowest BCUT2D eigenvalue weighted by Crippen LogP contribution is -2.30. The molecule has 1 aromatic rings. The molecular weight excluding hydrogens is 258 g/mol. The third-order valence-electron chi connectivity index (χ3n) is 2.16. The van der Waals surface area contributed by atoms with Gasteiger partial charge in [0.1, 0.15) is 12.3 Å². The van der Waals surface area contributed by atoms with Gasteiger partial charge >= 0.3 is 5.97 Å². The Labute approximate surface area is 110 Å². The highest BCUT2D eigenvalue weighted by Crippen LogP contribution is 2.20. The van der Waals surface area contributed by atoms with Crippen molar-refractivity contribution in [3.8, 4) is 5.75 Å². The van der Waals surface area contributed by atoms with E-state index in [0.29, 0.717) is 10.8 Å². The van der Waals surface area contributed by atoms with Crippen LogP contribution in [-0.4, -0.2) is 30.1 Å².